The Morgan fingerprint density at radius 3 is 2.20 bits per heavy atom. The number of amides is 1. The molecule has 2 aromatic rings. The van der Waals surface area contributed by atoms with Gasteiger partial charge in [-0.2, -0.15) is 0 Å². The van der Waals surface area contributed by atoms with Crippen LogP contribution in [0.25, 0.3) is 0 Å². The lowest BCUT2D eigenvalue weighted by atomic mass is 10.1. The molecule has 0 spiro atoms. The highest BCUT2D eigenvalue weighted by Crippen LogP contribution is 2.18. The van der Waals surface area contributed by atoms with Crippen LogP contribution in [-0.4, -0.2) is 54.2 Å². The second-order valence-corrected chi connectivity index (χ2v) is 7.54. The summed E-state index contributed by atoms with van der Waals surface area (Å²) in [5.41, 5.74) is 1.39. The van der Waals surface area contributed by atoms with Crippen LogP contribution in [0.4, 0.5) is 0 Å². The van der Waals surface area contributed by atoms with E-state index in [-0.39, 0.29) is 0 Å². The number of carbonyl (C=O) groups excluding carboxylic acids is 1. The van der Waals surface area contributed by atoms with Gasteiger partial charge in [0.25, 0.3) is 0 Å². The van der Waals surface area contributed by atoms with E-state index < -0.39 is 0 Å². The Morgan fingerprint density at radius 2 is 1.52 bits per heavy atom. The van der Waals surface area contributed by atoms with Gasteiger partial charge in [0.2, 0.25) is 5.91 Å². The first kappa shape index (κ1) is 18.0. The number of piperazine rings is 1. The van der Waals surface area contributed by atoms with Crippen molar-refractivity contribution in [2.24, 2.45) is 0 Å². The Kier molecular flexibility index (Phi) is 6.95. The fourth-order valence-electron chi connectivity index (χ4n) is 3.08. The molecule has 1 heterocycles. The van der Waals surface area contributed by atoms with Gasteiger partial charge in [0.15, 0.2) is 0 Å². The van der Waals surface area contributed by atoms with E-state index in [0.29, 0.717) is 12.3 Å². The van der Waals surface area contributed by atoms with Crippen molar-refractivity contribution in [1.82, 2.24) is 9.80 Å². The van der Waals surface area contributed by atoms with Crippen LogP contribution in [0.15, 0.2) is 65.6 Å². The smallest absolute Gasteiger partial charge is 0.223 e. The molecule has 4 heteroatoms. The number of hydrogen-bond donors (Lipinski definition) is 0. The van der Waals surface area contributed by atoms with Crippen LogP contribution in [0.1, 0.15) is 12.0 Å². The van der Waals surface area contributed by atoms with E-state index in [0.717, 1.165) is 44.9 Å². The maximum Gasteiger partial charge on any atom is 0.223 e. The lowest BCUT2D eigenvalue weighted by Crippen LogP contribution is -2.49. The minimum atomic E-state index is 0.297. The first-order valence-electron chi connectivity index (χ1n) is 9.03. The van der Waals surface area contributed by atoms with Crippen LogP contribution < -0.4 is 0 Å². The lowest BCUT2D eigenvalue weighted by Gasteiger charge is -2.34. The maximum absolute atomic E-state index is 12.4. The highest BCUT2D eigenvalue weighted by atomic mass is 32.2. The monoisotopic (exact) mass is 354 g/mol. The number of nitrogens with zero attached hydrogens (tertiary/aromatic N) is 2. The van der Waals surface area contributed by atoms with Crippen molar-refractivity contribution in [3.63, 3.8) is 0 Å². The molecule has 25 heavy (non-hydrogen) atoms. The van der Waals surface area contributed by atoms with E-state index in [1.807, 2.05) is 23.1 Å². The Hall–Kier alpha value is -1.78. The predicted octanol–water partition coefficient (Wildman–Crippen LogP) is 3.56. The maximum atomic E-state index is 12.4. The summed E-state index contributed by atoms with van der Waals surface area (Å²) in [6.07, 6.45) is 1.71. The van der Waals surface area contributed by atoms with Crippen molar-refractivity contribution in [2.75, 3.05) is 38.5 Å². The lowest BCUT2D eigenvalue weighted by molar-refractivity contribution is -0.132. The Labute approximate surface area is 155 Å². The molecule has 1 fully saturated rings. The summed E-state index contributed by atoms with van der Waals surface area (Å²) in [7, 11) is 0. The van der Waals surface area contributed by atoms with Gasteiger partial charge >= 0.3 is 0 Å². The van der Waals surface area contributed by atoms with Crippen LogP contribution >= 0.6 is 11.8 Å². The molecule has 2 aromatic carbocycles. The van der Waals surface area contributed by atoms with Crippen LogP contribution in [0.2, 0.25) is 0 Å². The molecule has 0 bridgehead atoms. The van der Waals surface area contributed by atoms with Crippen molar-refractivity contribution in [3.05, 3.63) is 66.2 Å². The molecule has 1 aliphatic rings. The van der Waals surface area contributed by atoms with Crippen LogP contribution in [0.5, 0.6) is 0 Å². The third-order valence-corrected chi connectivity index (χ3v) is 5.63. The molecule has 132 valence electrons. The van der Waals surface area contributed by atoms with E-state index >= 15 is 0 Å². The van der Waals surface area contributed by atoms with Gasteiger partial charge in [-0.1, -0.05) is 48.5 Å². The standard InChI is InChI=1S/C21H26N2OS/c24-21(12-18-25-20-9-5-2-6-10-20)23-16-14-22(15-17-23)13-11-19-7-3-1-4-8-19/h1-10H,11-18H2. The zero-order chi connectivity index (χ0) is 17.3. The first-order chi connectivity index (χ1) is 12.3. The molecule has 1 amide bonds. The summed E-state index contributed by atoms with van der Waals surface area (Å²) < 4.78 is 0. The average Bonchev–Trinajstić information content (AvgIpc) is 2.68. The van der Waals surface area contributed by atoms with Crippen molar-refractivity contribution in [3.8, 4) is 0 Å². The minimum Gasteiger partial charge on any atom is -0.340 e. The Morgan fingerprint density at radius 1 is 0.880 bits per heavy atom. The summed E-state index contributed by atoms with van der Waals surface area (Å²) in [5.74, 6) is 1.16. The van der Waals surface area contributed by atoms with Gasteiger partial charge in [-0.25, -0.2) is 0 Å². The third-order valence-electron chi connectivity index (χ3n) is 4.61. The predicted molar refractivity (Wildman–Crippen MR) is 105 cm³/mol. The zero-order valence-corrected chi connectivity index (χ0v) is 15.5. The third kappa shape index (κ3) is 5.91. The van der Waals surface area contributed by atoms with Crippen LogP contribution in [-0.2, 0) is 11.2 Å². The summed E-state index contributed by atoms with van der Waals surface area (Å²) in [6, 6.07) is 20.9. The SMILES string of the molecule is O=C(CCSc1ccccc1)N1CCN(CCc2ccccc2)CC1. The average molecular weight is 355 g/mol. The Balaban J connectivity index is 1.33. The molecular weight excluding hydrogens is 328 g/mol. The molecule has 0 N–H and O–H groups in total. The molecule has 0 unspecified atom stereocenters. The van der Waals surface area contributed by atoms with Gasteiger partial charge in [0.1, 0.15) is 0 Å². The van der Waals surface area contributed by atoms with Crippen molar-refractivity contribution >= 4 is 17.7 Å². The Bertz CT molecular complexity index is 639. The summed E-state index contributed by atoms with van der Waals surface area (Å²) >= 11 is 1.76. The minimum absolute atomic E-state index is 0.297. The molecule has 1 aliphatic heterocycles. The molecule has 0 saturated carbocycles. The molecule has 0 radical (unpaired) electrons. The second kappa shape index (κ2) is 9.64. The molecule has 1 saturated heterocycles. The topological polar surface area (TPSA) is 23.6 Å². The van der Waals surface area contributed by atoms with Gasteiger partial charge < -0.3 is 4.90 Å². The van der Waals surface area contributed by atoms with Crippen LogP contribution in [0.3, 0.4) is 0 Å². The van der Waals surface area contributed by atoms with Crippen molar-refractivity contribution in [1.29, 1.82) is 0 Å². The zero-order valence-electron chi connectivity index (χ0n) is 14.6. The number of rotatable bonds is 7. The largest absolute Gasteiger partial charge is 0.340 e. The highest BCUT2D eigenvalue weighted by Gasteiger charge is 2.20. The quantitative estimate of drug-likeness (QED) is 0.711. The van der Waals surface area contributed by atoms with Gasteiger partial charge in [0.05, 0.1) is 0 Å². The molecule has 3 nitrogen and oxygen atoms in total. The van der Waals surface area contributed by atoms with E-state index in [2.05, 4.69) is 47.4 Å². The summed E-state index contributed by atoms with van der Waals surface area (Å²) in [6.45, 7) is 4.79. The van der Waals surface area contributed by atoms with Crippen molar-refractivity contribution < 1.29 is 4.79 Å². The fraction of sp³-hybridized carbons (Fsp3) is 0.381. The number of thioether (sulfide) groups is 1. The molecule has 3 rings (SSSR count). The molecular formula is C21H26N2OS. The van der Waals surface area contributed by atoms with E-state index in [9.17, 15) is 4.79 Å². The number of carbonyl (C=O) groups is 1. The molecule has 0 aliphatic carbocycles. The molecule has 0 aromatic heterocycles. The second-order valence-electron chi connectivity index (χ2n) is 6.37. The van der Waals surface area contributed by atoms with Gasteiger partial charge in [-0.3, -0.25) is 9.69 Å². The van der Waals surface area contributed by atoms with Gasteiger partial charge in [-0.15, -0.1) is 11.8 Å². The van der Waals surface area contributed by atoms with E-state index in [4.69, 9.17) is 0 Å². The number of hydrogen-bond acceptors (Lipinski definition) is 3. The molecule has 0 atom stereocenters. The van der Waals surface area contributed by atoms with E-state index in [1.54, 1.807) is 11.8 Å². The van der Waals surface area contributed by atoms with E-state index in [1.165, 1.54) is 10.5 Å². The van der Waals surface area contributed by atoms with Gasteiger partial charge in [0, 0.05) is 49.8 Å². The van der Waals surface area contributed by atoms with Gasteiger partial charge in [-0.05, 0) is 24.1 Å². The van der Waals surface area contributed by atoms with Crippen molar-refractivity contribution in [2.45, 2.75) is 17.7 Å². The summed E-state index contributed by atoms with van der Waals surface area (Å²) in [5, 5.41) is 0. The first-order valence-corrected chi connectivity index (χ1v) is 10.0. The summed E-state index contributed by atoms with van der Waals surface area (Å²) in [4.78, 5) is 18.1. The highest BCUT2D eigenvalue weighted by molar-refractivity contribution is 7.99. The normalized spacial score (nSPS) is 15.3. The fourth-order valence-corrected chi connectivity index (χ4v) is 3.95. The number of benzene rings is 2. The van der Waals surface area contributed by atoms with Crippen LogP contribution in [0, 0.1) is 0 Å².